The molecule has 0 unspecified atom stereocenters. The van der Waals surface area contributed by atoms with Crippen LogP contribution in [-0.2, 0) is 17.9 Å². The molecule has 0 bridgehead atoms. The third-order valence-electron chi connectivity index (χ3n) is 4.30. The number of nitrogens with one attached hydrogen (secondary N) is 1. The highest BCUT2D eigenvalue weighted by atomic mass is 16.6. The average molecular weight is 394 g/mol. The summed E-state index contributed by atoms with van der Waals surface area (Å²) in [5, 5.41) is 0. The fraction of sp³-hybridized carbons (Fsp3) is 0.238. The second-order valence-corrected chi connectivity index (χ2v) is 6.69. The first kappa shape index (κ1) is 20.1. The van der Waals surface area contributed by atoms with Crippen LogP contribution in [0.4, 0.5) is 5.95 Å². The van der Waals surface area contributed by atoms with E-state index < -0.39 is 11.4 Å². The minimum atomic E-state index is -0.740. The third kappa shape index (κ3) is 5.19. The van der Waals surface area contributed by atoms with Gasteiger partial charge in [0.1, 0.15) is 5.78 Å². The Hall–Kier alpha value is -3.68. The lowest BCUT2D eigenvalue weighted by Crippen LogP contribution is -2.43. The highest BCUT2D eigenvalue weighted by Gasteiger charge is 2.15. The first-order valence-corrected chi connectivity index (χ1v) is 9.18. The van der Waals surface area contributed by atoms with Gasteiger partial charge in [-0.15, -0.1) is 0 Å². The van der Waals surface area contributed by atoms with Crippen LogP contribution in [0.2, 0.25) is 0 Å². The summed E-state index contributed by atoms with van der Waals surface area (Å²) >= 11 is 0. The molecule has 1 N–H and O–H groups in total. The summed E-state index contributed by atoms with van der Waals surface area (Å²) in [6.45, 7) is 3.55. The molecule has 0 aliphatic carbocycles. The van der Waals surface area contributed by atoms with Gasteiger partial charge in [0.25, 0.3) is 0 Å². The molecule has 3 rings (SSSR count). The number of nitrogens with zero attached hydrogens (tertiary/aromatic N) is 3. The molecule has 150 valence electrons. The van der Waals surface area contributed by atoms with Crippen LogP contribution in [-0.4, -0.2) is 19.9 Å². The second-order valence-electron chi connectivity index (χ2n) is 6.69. The summed E-state index contributed by atoms with van der Waals surface area (Å²) in [6, 6.07) is 16.6. The quantitative estimate of drug-likeness (QED) is 0.588. The SMILES string of the molecule is CC(=O)CCn1c(=O)nc(NOc2ccccc2)n(Cc2ccc(C)cc2)c1=O. The first-order valence-electron chi connectivity index (χ1n) is 9.18. The molecule has 8 nitrogen and oxygen atoms in total. The topological polar surface area (TPSA) is 95.2 Å². The van der Waals surface area contributed by atoms with Crippen molar-refractivity contribution >= 4 is 11.7 Å². The van der Waals surface area contributed by atoms with Crippen LogP contribution in [0.1, 0.15) is 24.5 Å². The molecule has 0 atom stereocenters. The summed E-state index contributed by atoms with van der Waals surface area (Å²) in [7, 11) is 0. The lowest BCUT2D eigenvalue weighted by molar-refractivity contribution is -0.117. The van der Waals surface area contributed by atoms with E-state index in [4.69, 9.17) is 4.84 Å². The minimum Gasteiger partial charge on any atom is -0.379 e. The number of benzene rings is 2. The Morgan fingerprint density at radius 3 is 2.38 bits per heavy atom. The van der Waals surface area contributed by atoms with E-state index in [9.17, 15) is 14.4 Å². The Labute approximate surface area is 167 Å². The van der Waals surface area contributed by atoms with Crippen LogP contribution in [0.15, 0.2) is 64.2 Å². The van der Waals surface area contributed by atoms with E-state index in [2.05, 4.69) is 10.5 Å². The van der Waals surface area contributed by atoms with Gasteiger partial charge < -0.3 is 4.84 Å². The average Bonchev–Trinajstić information content (AvgIpc) is 2.70. The third-order valence-corrected chi connectivity index (χ3v) is 4.30. The van der Waals surface area contributed by atoms with Gasteiger partial charge in [-0.05, 0) is 31.5 Å². The van der Waals surface area contributed by atoms with Crippen molar-refractivity contribution in [1.29, 1.82) is 0 Å². The zero-order valence-corrected chi connectivity index (χ0v) is 16.3. The fourth-order valence-corrected chi connectivity index (χ4v) is 2.68. The lowest BCUT2D eigenvalue weighted by atomic mass is 10.1. The van der Waals surface area contributed by atoms with Gasteiger partial charge >= 0.3 is 11.4 Å². The number of carbonyl (C=O) groups is 1. The summed E-state index contributed by atoms with van der Waals surface area (Å²) in [4.78, 5) is 46.1. The number of para-hydroxylation sites is 1. The van der Waals surface area contributed by atoms with Gasteiger partial charge in [0.2, 0.25) is 5.95 Å². The Balaban J connectivity index is 1.98. The highest BCUT2D eigenvalue weighted by Crippen LogP contribution is 2.11. The van der Waals surface area contributed by atoms with Gasteiger partial charge in [0.05, 0.1) is 6.54 Å². The van der Waals surface area contributed by atoms with Gasteiger partial charge in [-0.25, -0.2) is 14.2 Å². The molecule has 3 aromatic rings. The number of hydrogen-bond acceptors (Lipinski definition) is 6. The fourth-order valence-electron chi connectivity index (χ4n) is 2.68. The van der Waals surface area contributed by atoms with E-state index in [1.807, 2.05) is 37.3 Å². The maximum absolute atomic E-state index is 13.0. The van der Waals surface area contributed by atoms with Gasteiger partial charge in [0, 0.05) is 13.0 Å². The molecule has 8 heteroatoms. The molecule has 0 aliphatic heterocycles. The maximum Gasteiger partial charge on any atom is 0.355 e. The van der Waals surface area contributed by atoms with Crippen molar-refractivity contribution < 1.29 is 9.63 Å². The van der Waals surface area contributed by atoms with Gasteiger partial charge in [0.15, 0.2) is 5.75 Å². The van der Waals surface area contributed by atoms with Crippen LogP contribution in [0.5, 0.6) is 5.75 Å². The van der Waals surface area contributed by atoms with Crippen LogP contribution >= 0.6 is 0 Å². The Bertz CT molecular complexity index is 1100. The molecule has 0 fully saturated rings. The van der Waals surface area contributed by atoms with E-state index in [1.54, 1.807) is 24.3 Å². The molecule has 0 saturated carbocycles. The second kappa shape index (κ2) is 9.01. The zero-order valence-electron chi connectivity index (χ0n) is 16.3. The zero-order chi connectivity index (χ0) is 20.8. The van der Waals surface area contributed by atoms with E-state index in [-0.39, 0.29) is 31.2 Å². The van der Waals surface area contributed by atoms with Gasteiger partial charge in [-0.1, -0.05) is 48.0 Å². The summed E-state index contributed by atoms with van der Waals surface area (Å²) in [6.07, 6.45) is 0.0780. The molecule has 0 radical (unpaired) electrons. The van der Waals surface area contributed by atoms with Crippen molar-refractivity contribution in [3.05, 3.63) is 86.7 Å². The highest BCUT2D eigenvalue weighted by molar-refractivity contribution is 5.75. The maximum atomic E-state index is 13.0. The van der Waals surface area contributed by atoms with E-state index in [1.165, 1.54) is 11.5 Å². The van der Waals surface area contributed by atoms with Gasteiger partial charge in [-0.3, -0.25) is 9.36 Å². The van der Waals surface area contributed by atoms with Crippen molar-refractivity contribution in [2.24, 2.45) is 0 Å². The number of aromatic nitrogens is 3. The van der Waals surface area contributed by atoms with Crippen LogP contribution in [0, 0.1) is 6.92 Å². The van der Waals surface area contributed by atoms with Crippen molar-refractivity contribution in [2.75, 3.05) is 5.48 Å². The smallest absolute Gasteiger partial charge is 0.355 e. The predicted octanol–water partition coefficient (Wildman–Crippen LogP) is 2.15. The standard InChI is InChI=1S/C21H22N4O4/c1-15-8-10-17(11-9-15)14-25-19(23-29-18-6-4-3-5-7-18)22-20(27)24(21(25)28)13-12-16(2)26/h3-11H,12-14H2,1-2H3,(H,22,23,27). The van der Waals surface area contributed by atoms with Gasteiger partial charge in [-0.2, -0.15) is 10.5 Å². The molecule has 29 heavy (non-hydrogen) atoms. The molecule has 1 heterocycles. The van der Waals surface area contributed by atoms with E-state index >= 15 is 0 Å². The molecule has 0 aliphatic rings. The van der Waals surface area contributed by atoms with Crippen molar-refractivity contribution in [2.45, 2.75) is 33.4 Å². The molecule has 0 amide bonds. The Morgan fingerprint density at radius 1 is 1.03 bits per heavy atom. The number of Topliss-reactive ketones (excluding diaryl/α,β-unsaturated/α-hetero) is 1. The molecule has 0 saturated heterocycles. The lowest BCUT2D eigenvalue weighted by Gasteiger charge is -2.15. The number of rotatable bonds is 8. The summed E-state index contributed by atoms with van der Waals surface area (Å²) < 4.78 is 2.28. The molecule has 0 spiro atoms. The molecular formula is C21H22N4O4. The Kier molecular flexibility index (Phi) is 6.23. The largest absolute Gasteiger partial charge is 0.379 e. The van der Waals surface area contributed by atoms with Crippen molar-refractivity contribution in [3.63, 3.8) is 0 Å². The molecular weight excluding hydrogens is 372 g/mol. The summed E-state index contributed by atoms with van der Waals surface area (Å²) in [5.74, 6) is 0.379. The normalized spacial score (nSPS) is 10.6. The van der Waals surface area contributed by atoms with Crippen LogP contribution < -0.4 is 21.7 Å². The van der Waals surface area contributed by atoms with Crippen LogP contribution in [0.25, 0.3) is 0 Å². The number of carbonyl (C=O) groups excluding carboxylic acids is 1. The summed E-state index contributed by atoms with van der Waals surface area (Å²) in [5.41, 5.74) is 3.26. The van der Waals surface area contributed by atoms with Crippen molar-refractivity contribution in [1.82, 2.24) is 14.1 Å². The molecule has 2 aromatic carbocycles. The van der Waals surface area contributed by atoms with Crippen molar-refractivity contribution in [3.8, 4) is 5.75 Å². The number of ketones is 1. The monoisotopic (exact) mass is 394 g/mol. The first-order chi connectivity index (χ1) is 13.9. The van der Waals surface area contributed by atoms with E-state index in [0.29, 0.717) is 5.75 Å². The number of aryl methyl sites for hydroxylation is 1. The Morgan fingerprint density at radius 2 is 1.72 bits per heavy atom. The molecule has 1 aromatic heterocycles. The number of anilines is 1. The predicted molar refractivity (Wildman–Crippen MR) is 109 cm³/mol. The van der Waals surface area contributed by atoms with E-state index in [0.717, 1.165) is 15.7 Å². The van der Waals surface area contributed by atoms with Crippen LogP contribution in [0.3, 0.4) is 0 Å². The number of hydrogen-bond donors (Lipinski definition) is 1. The minimum absolute atomic E-state index is 0.0106.